The van der Waals surface area contributed by atoms with E-state index in [4.69, 9.17) is 0 Å². The lowest BCUT2D eigenvalue weighted by molar-refractivity contribution is 0.341. The van der Waals surface area contributed by atoms with Crippen LogP contribution >= 0.6 is 0 Å². The second-order valence-corrected chi connectivity index (χ2v) is 23.1. The van der Waals surface area contributed by atoms with E-state index in [9.17, 15) is 0 Å². The van der Waals surface area contributed by atoms with Gasteiger partial charge in [0.2, 0.25) is 0 Å². The van der Waals surface area contributed by atoms with Gasteiger partial charge in [-0.2, -0.15) is 0 Å². The summed E-state index contributed by atoms with van der Waals surface area (Å²) in [4.78, 5) is 0. The van der Waals surface area contributed by atoms with Crippen molar-refractivity contribution in [1.29, 1.82) is 0 Å². The molecular formula is C74H67+. The lowest BCUT2D eigenvalue weighted by Gasteiger charge is -2.31. The first-order valence-corrected chi connectivity index (χ1v) is 26.3. The lowest BCUT2D eigenvalue weighted by atomic mass is 9.74. The molecule has 0 amide bonds. The number of hydrogen-bond acceptors (Lipinski definition) is 0. The summed E-state index contributed by atoms with van der Waals surface area (Å²) >= 11 is 0. The maximum atomic E-state index is 3.97. The fraction of sp³-hybridized carbons (Fsp3) is 0.230. The third kappa shape index (κ3) is 9.12. The summed E-state index contributed by atoms with van der Waals surface area (Å²) in [6.07, 6.45) is 13.8. The van der Waals surface area contributed by atoms with Crippen molar-refractivity contribution >= 4 is 66.9 Å². The molecule has 362 valence electrons. The van der Waals surface area contributed by atoms with Crippen molar-refractivity contribution < 1.29 is 0 Å². The molecule has 0 N–H and O–H groups in total. The van der Waals surface area contributed by atoms with Gasteiger partial charge in [0, 0.05) is 73.0 Å². The van der Waals surface area contributed by atoms with E-state index >= 15 is 0 Å². The number of benzene rings is 8. The monoisotopic (exact) mass is 956 g/mol. The number of allylic oxidation sites excluding steroid dienone is 6. The summed E-state index contributed by atoms with van der Waals surface area (Å²) in [5, 5.41) is 16.2. The first-order chi connectivity index (χ1) is 35.3. The Hall–Kier alpha value is -7.95. The van der Waals surface area contributed by atoms with Gasteiger partial charge >= 0.3 is 0 Å². The number of aryl methyl sites for hydroxylation is 6. The Morgan fingerprint density at radius 3 is 1.35 bits per heavy atom. The minimum atomic E-state index is 0.0732. The SMILES string of the molecule is CC1=CC(C(C)(C)C)C=C(C)C1=c1c2ccccc2c(=C=c2c(C)cc(=C=C=C=C=c3cc(C)c(=C=c4c5c(c(-c6c(C)cc(C(C)(C)C)cc6C)c6ccccc46)[CH+]C=CC=5)c(C)c3)cc2C)c2ccccc12. The van der Waals surface area contributed by atoms with Crippen LogP contribution in [0.1, 0.15) is 99.9 Å². The molecule has 0 saturated carbocycles. The molecule has 0 aliphatic heterocycles. The summed E-state index contributed by atoms with van der Waals surface area (Å²) < 4.78 is 0. The molecule has 2 aliphatic carbocycles. The van der Waals surface area contributed by atoms with Crippen molar-refractivity contribution in [3.63, 3.8) is 0 Å². The summed E-state index contributed by atoms with van der Waals surface area (Å²) in [7, 11) is 0. The summed E-state index contributed by atoms with van der Waals surface area (Å²) in [6.45, 7) is 31.7. The quantitative estimate of drug-likeness (QED) is 0.0874. The topological polar surface area (TPSA) is 0 Å². The second kappa shape index (κ2) is 19.1. The minimum absolute atomic E-state index is 0.0732. The Balaban J connectivity index is 1.14. The Morgan fingerprint density at radius 2 is 0.892 bits per heavy atom. The van der Waals surface area contributed by atoms with Gasteiger partial charge < -0.3 is 0 Å². The van der Waals surface area contributed by atoms with Gasteiger partial charge in [0.15, 0.2) is 0 Å². The largest absolute Gasteiger partial charge is 0.113 e. The smallest absolute Gasteiger partial charge is 0.103 e. The Labute approximate surface area is 438 Å². The van der Waals surface area contributed by atoms with Crippen LogP contribution in [0.4, 0.5) is 0 Å². The van der Waals surface area contributed by atoms with E-state index in [1.54, 1.807) is 0 Å². The summed E-state index contributed by atoms with van der Waals surface area (Å²) in [6, 6.07) is 40.1. The molecule has 0 radical (unpaired) electrons. The molecule has 2 aliphatic rings. The van der Waals surface area contributed by atoms with Gasteiger partial charge in [-0.15, -0.1) is 5.73 Å². The fourth-order valence-corrected chi connectivity index (χ4v) is 11.7. The number of hydrogen-bond donors (Lipinski definition) is 0. The van der Waals surface area contributed by atoms with E-state index < -0.39 is 0 Å². The van der Waals surface area contributed by atoms with Crippen LogP contribution in [0.15, 0.2) is 156 Å². The molecular weight excluding hydrogens is 889 g/mol. The molecule has 0 heterocycles. The minimum Gasteiger partial charge on any atom is -0.103 e. The van der Waals surface area contributed by atoms with Crippen molar-refractivity contribution in [3.05, 3.63) is 249 Å². The molecule has 0 bridgehead atoms. The van der Waals surface area contributed by atoms with Crippen LogP contribution in [0, 0.1) is 59.3 Å². The lowest BCUT2D eigenvalue weighted by Crippen LogP contribution is -2.32. The number of rotatable bonds is 1. The molecule has 0 saturated heterocycles. The van der Waals surface area contributed by atoms with Gasteiger partial charge in [-0.3, -0.25) is 0 Å². The van der Waals surface area contributed by atoms with Crippen LogP contribution in [0.25, 0.3) is 78.0 Å². The van der Waals surface area contributed by atoms with E-state index in [1.165, 1.54) is 92.9 Å². The second-order valence-electron chi connectivity index (χ2n) is 23.1. The summed E-state index contributed by atoms with van der Waals surface area (Å²) in [5.74, 6) is 0.390. The van der Waals surface area contributed by atoms with Crippen molar-refractivity contribution in [2.75, 3.05) is 0 Å². The van der Waals surface area contributed by atoms with Crippen LogP contribution in [0.5, 0.6) is 0 Å². The van der Waals surface area contributed by atoms with Crippen LogP contribution in [-0.4, -0.2) is 0 Å². The van der Waals surface area contributed by atoms with E-state index in [2.05, 4.69) is 277 Å². The zero-order valence-electron chi connectivity index (χ0n) is 45.9. The molecule has 0 heteroatoms. The first kappa shape index (κ1) is 49.6. The normalized spacial score (nSPS) is 14.2. The van der Waals surface area contributed by atoms with Crippen molar-refractivity contribution in [3.8, 4) is 11.1 Å². The number of fused-ring (bicyclic) bond motifs is 4. The Bertz CT molecular complexity index is 4380. The molecule has 0 fully saturated rings. The van der Waals surface area contributed by atoms with Gasteiger partial charge in [-0.05, 0) is 190 Å². The highest BCUT2D eigenvalue weighted by Crippen LogP contribution is 2.39. The predicted octanol–water partition coefficient (Wildman–Crippen LogP) is 12.4. The molecule has 8 aromatic carbocycles. The molecule has 8 aromatic rings. The van der Waals surface area contributed by atoms with E-state index in [-0.39, 0.29) is 10.8 Å². The van der Waals surface area contributed by atoms with E-state index in [1.807, 2.05) is 0 Å². The van der Waals surface area contributed by atoms with Crippen molar-refractivity contribution in [1.82, 2.24) is 0 Å². The molecule has 0 unspecified atom stereocenters. The Morgan fingerprint density at radius 1 is 0.459 bits per heavy atom. The van der Waals surface area contributed by atoms with E-state index in [0.29, 0.717) is 5.92 Å². The van der Waals surface area contributed by atoms with Crippen LogP contribution < -0.4 is 41.7 Å². The average molecular weight is 956 g/mol. The van der Waals surface area contributed by atoms with Gasteiger partial charge in [0.05, 0.1) is 16.0 Å². The molecule has 0 atom stereocenters. The van der Waals surface area contributed by atoms with Crippen LogP contribution in [0.3, 0.4) is 0 Å². The predicted molar refractivity (Wildman–Crippen MR) is 318 cm³/mol. The van der Waals surface area contributed by atoms with Gasteiger partial charge in [-0.1, -0.05) is 150 Å². The van der Waals surface area contributed by atoms with E-state index in [0.717, 1.165) is 53.6 Å². The van der Waals surface area contributed by atoms with Crippen molar-refractivity contribution in [2.45, 2.75) is 102 Å². The fourth-order valence-electron chi connectivity index (χ4n) is 11.7. The van der Waals surface area contributed by atoms with Crippen molar-refractivity contribution in [2.24, 2.45) is 11.3 Å². The third-order valence-electron chi connectivity index (χ3n) is 15.5. The van der Waals surface area contributed by atoms with Gasteiger partial charge in [0.25, 0.3) is 0 Å². The van der Waals surface area contributed by atoms with Gasteiger partial charge in [0.1, 0.15) is 5.56 Å². The highest BCUT2D eigenvalue weighted by Gasteiger charge is 2.27. The first-order valence-electron chi connectivity index (χ1n) is 26.3. The average Bonchev–Trinajstić information content (AvgIpc) is 3.34. The zero-order valence-corrected chi connectivity index (χ0v) is 45.9. The Kier molecular flexibility index (Phi) is 12.8. The molecule has 0 nitrogen and oxygen atoms in total. The zero-order chi connectivity index (χ0) is 52.4. The van der Waals surface area contributed by atoms with Crippen LogP contribution in [-0.2, 0) is 5.41 Å². The van der Waals surface area contributed by atoms with Gasteiger partial charge in [-0.25, -0.2) is 0 Å². The third-order valence-corrected chi connectivity index (χ3v) is 15.5. The maximum Gasteiger partial charge on any atom is 0.113 e. The molecule has 0 spiro atoms. The highest BCUT2D eigenvalue weighted by molar-refractivity contribution is 6.04. The summed E-state index contributed by atoms with van der Waals surface area (Å²) in [5.41, 5.74) is 37.7. The highest BCUT2D eigenvalue weighted by atomic mass is 14.3. The standard InChI is InChI=1S/C74H67/c1-45-35-53(36-46(2)65(45)43-67-57-27-17-21-31-61(57)71(62-32-22-18-28-58(62)67)69-49(5)39-55(40-50(69)6)73(9,10)11)25-15-16-26-54-37-47(3)66(48(4)38-54)44-68-59-29-19-23-33-63(59)72(64-34-24-20-30-60(64)68)70-51(7)41-56(42-52(70)8)74(12,13)14/h17-24,27-42,55H,1-14H3/q+1. The van der Waals surface area contributed by atoms with Crippen LogP contribution in [0.2, 0.25) is 0 Å². The molecule has 10 rings (SSSR count). The maximum absolute atomic E-state index is 3.97. The molecule has 0 aromatic heterocycles. The molecule has 74 heavy (non-hydrogen) atoms.